The van der Waals surface area contributed by atoms with Crippen LogP contribution in [0.15, 0.2) is 11.2 Å². The van der Waals surface area contributed by atoms with Gasteiger partial charge >= 0.3 is 0 Å². The van der Waals surface area contributed by atoms with Crippen molar-refractivity contribution in [3.05, 3.63) is 16.8 Å². The molecule has 0 saturated carbocycles. The largest absolute Gasteiger partial charge is 0.368 e. The summed E-state index contributed by atoms with van der Waals surface area (Å²) in [7, 11) is 0. The maximum atomic E-state index is 10.8. The molecule has 6 heteroatoms. The molecular weight excluding hydrogens is 194 g/mol. The number of hydrogen-bond acceptors (Lipinski definition) is 4. The maximum absolute atomic E-state index is 10.8. The van der Waals surface area contributed by atoms with E-state index in [2.05, 4.69) is 10.1 Å². The second-order valence-electron chi connectivity index (χ2n) is 3.56. The molecule has 2 aliphatic rings. The maximum Gasteiger partial charge on any atom is 0.239 e. The fourth-order valence-electron chi connectivity index (χ4n) is 1.82. The lowest BCUT2D eigenvalue weighted by Gasteiger charge is -2.10. The Morgan fingerprint density at radius 2 is 2.47 bits per heavy atom. The molecular formula is C9H9N5O. The van der Waals surface area contributed by atoms with Crippen molar-refractivity contribution in [1.82, 2.24) is 14.7 Å². The van der Waals surface area contributed by atoms with E-state index in [0.29, 0.717) is 0 Å². The molecule has 1 aromatic rings. The van der Waals surface area contributed by atoms with Gasteiger partial charge in [-0.15, -0.1) is 0 Å². The van der Waals surface area contributed by atoms with Crippen molar-refractivity contribution >= 4 is 24.1 Å². The van der Waals surface area contributed by atoms with Crippen molar-refractivity contribution in [1.29, 1.82) is 0 Å². The molecule has 3 heterocycles. The molecule has 3 rings (SSSR count). The highest BCUT2D eigenvalue weighted by Crippen LogP contribution is 2.08. The zero-order chi connectivity index (χ0) is 10.4. The number of aliphatic imine (C=N–C) groups is 1. The van der Waals surface area contributed by atoms with E-state index in [-0.39, 0.29) is 6.54 Å². The molecule has 2 bridgehead atoms. The summed E-state index contributed by atoms with van der Waals surface area (Å²) >= 11 is 0. The molecule has 0 aromatic carbocycles. The molecule has 76 valence electrons. The van der Waals surface area contributed by atoms with Gasteiger partial charge in [0.25, 0.3) is 0 Å². The lowest BCUT2D eigenvalue weighted by atomic mass is 10.3. The Hall–Kier alpha value is -2.11. The zero-order valence-corrected chi connectivity index (χ0v) is 7.92. The van der Waals surface area contributed by atoms with Crippen molar-refractivity contribution < 1.29 is 4.79 Å². The van der Waals surface area contributed by atoms with Crippen LogP contribution in [-0.4, -0.2) is 33.5 Å². The summed E-state index contributed by atoms with van der Waals surface area (Å²) in [5.41, 5.74) is 6.13. The van der Waals surface area contributed by atoms with Crippen LogP contribution in [0.25, 0.3) is 11.9 Å². The van der Waals surface area contributed by atoms with Gasteiger partial charge in [-0.2, -0.15) is 5.10 Å². The van der Waals surface area contributed by atoms with Crippen molar-refractivity contribution in [2.75, 3.05) is 6.54 Å². The van der Waals surface area contributed by atoms with Crippen LogP contribution in [0.3, 0.4) is 0 Å². The predicted octanol–water partition coefficient (Wildman–Crippen LogP) is -2.43. The lowest BCUT2D eigenvalue weighted by Crippen LogP contribution is -2.39. The van der Waals surface area contributed by atoms with Gasteiger partial charge in [0.1, 0.15) is 6.54 Å². The van der Waals surface area contributed by atoms with Crippen LogP contribution in [0.2, 0.25) is 0 Å². The molecule has 15 heavy (non-hydrogen) atoms. The summed E-state index contributed by atoms with van der Waals surface area (Å²) in [6, 6.07) is 0. The van der Waals surface area contributed by atoms with Crippen LogP contribution < -0.4 is 16.3 Å². The number of carbonyl (C=O) groups is 1. The molecule has 0 unspecified atom stereocenters. The topological polar surface area (TPSA) is 76.5 Å². The van der Waals surface area contributed by atoms with Gasteiger partial charge in [-0.1, -0.05) is 0 Å². The molecule has 1 amide bonds. The predicted molar refractivity (Wildman–Crippen MR) is 53.7 cm³/mol. The van der Waals surface area contributed by atoms with Gasteiger partial charge in [0.15, 0.2) is 0 Å². The minimum atomic E-state index is -0.395. The molecule has 0 fully saturated rings. The average Bonchev–Trinajstić information content (AvgIpc) is 2.74. The standard InChI is InChI=1S/C9H9N5O/c10-9(15)4-14-8-3-13-2-7(11-5-13)6(8)1-12-14/h1,3,5H,2,4H2,(H2,10,15). The van der Waals surface area contributed by atoms with E-state index in [1.54, 1.807) is 17.2 Å². The third-order valence-corrected chi connectivity index (χ3v) is 2.48. The molecule has 0 aliphatic carbocycles. The van der Waals surface area contributed by atoms with Crippen LogP contribution >= 0.6 is 0 Å². The van der Waals surface area contributed by atoms with Crippen molar-refractivity contribution in [2.24, 2.45) is 10.7 Å². The van der Waals surface area contributed by atoms with Gasteiger partial charge in [0, 0.05) is 11.4 Å². The Labute approximate surface area is 85.0 Å². The fourth-order valence-corrected chi connectivity index (χ4v) is 1.82. The number of fused-ring (bicyclic) bond motifs is 3. The fraction of sp³-hybridized carbons (Fsp3) is 0.222. The first-order chi connectivity index (χ1) is 7.24. The first-order valence-electron chi connectivity index (χ1n) is 4.59. The number of carbonyl (C=O) groups excluding carboxylic acids is 1. The molecule has 0 spiro atoms. The minimum Gasteiger partial charge on any atom is -0.368 e. The van der Waals surface area contributed by atoms with Gasteiger partial charge in [0.05, 0.1) is 30.1 Å². The highest BCUT2D eigenvalue weighted by molar-refractivity contribution is 5.77. The van der Waals surface area contributed by atoms with Crippen LogP contribution in [-0.2, 0) is 11.3 Å². The van der Waals surface area contributed by atoms with Gasteiger partial charge in [0.2, 0.25) is 5.91 Å². The second kappa shape index (κ2) is 2.69. The first-order valence-corrected chi connectivity index (χ1v) is 4.59. The van der Waals surface area contributed by atoms with E-state index in [4.69, 9.17) is 5.73 Å². The molecule has 0 atom stereocenters. The van der Waals surface area contributed by atoms with Gasteiger partial charge in [-0.3, -0.25) is 9.48 Å². The summed E-state index contributed by atoms with van der Waals surface area (Å²) in [4.78, 5) is 17.0. The van der Waals surface area contributed by atoms with E-state index in [1.807, 2.05) is 11.1 Å². The van der Waals surface area contributed by atoms with Gasteiger partial charge in [-0.05, 0) is 0 Å². The van der Waals surface area contributed by atoms with E-state index in [0.717, 1.165) is 22.8 Å². The van der Waals surface area contributed by atoms with E-state index in [1.165, 1.54) is 0 Å². The number of amides is 1. The Bertz CT molecular complexity index is 582. The van der Waals surface area contributed by atoms with Crippen molar-refractivity contribution in [3.63, 3.8) is 0 Å². The van der Waals surface area contributed by atoms with Crippen LogP contribution in [0.4, 0.5) is 0 Å². The Morgan fingerprint density at radius 3 is 3.27 bits per heavy atom. The Morgan fingerprint density at radius 1 is 1.60 bits per heavy atom. The van der Waals surface area contributed by atoms with E-state index in [9.17, 15) is 4.79 Å². The summed E-state index contributed by atoms with van der Waals surface area (Å²) in [5.74, 6) is -0.395. The molecule has 1 aromatic heterocycles. The molecule has 2 N–H and O–H groups in total. The first kappa shape index (κ1) is 8.22. The van der Waals surface area contributed by atoms with Crippen molar-refractivity contribution in [2.45, 2.75) is 6.54 Å². The number of hydrogen-bond donors (Lipinski definition) is 1. The summed E-state index contributed by atoms with van der Waals surface area (Å²) in [6.45, 7) is 0.891. The Kier molecular flexibility index (Phi) is 1.47. The minimum absolute atomic E-state index is 0.104. The third-order valence-electron chi connectivity index (χ3n) is 2.48. The van der Waals surface area contributed by atoms with Crippen LogP contribution in [0.1, 0.15) is 0 Å². The van der Waals surface area contributed by atoms with Crippen LogP contribution in [0, 0.1) is 0 Å². The van der Waals surface area contributed by atoms with Gasteiger partial charge in [-0.25, -0.2) is 4.99 Å². The van der Waals surface area contributed by atoms with Crippen molar-refractivity contribution in [3.8, 4) is 0 Å². The number of nitrogens with two attached hydrogens (primary N) is 1. The normalized spacial score (nSPS) is 16.5. The second-order valence-corrected chi connectivity index (χ2v) is 3.56. The summed E-state index contributed by atoms with van der Waals surface area (Å²) in [5, 5.41) is 6.00. The number of nitrogens with zero attached hydrogens (tertiary/aromatic N) is 4. The number of rotatable bonds is 2. The SMILES string of the molecule is NC(=O)Cn1ncc2c1=CN1C=NC=2C1. The number of primary amides is 1. The Balaban J connectivity index is 2.22. The molecule has 0 radical (unpaired) electrons. The monoisotopic (exact) mass is 203 g/mol. The van der Waals surface area contributed by atoms with E-state index < -0.39 is 5.91 Å². The lowest BCUT2D eigenvalue weighted by molar-refractivity contribution is -0.118. The molecule has 6 nitrogen and oxygen atoms in total. The molecule has 0 saturated heterocycles. The summed E-state index contributed by atoms with van der Waals surface area (Å²) < 4.78 is 1.60. The summed E-state index contributed by atoms with van der Waals surface area (Å²) in [6.07, 6.45) is 5.42. The highest BCUT2D eigenvalue weighted by Gasteiger charge is 2.17. The zero-order valence-electron chi connectivity index (χ0n) is 7.92. The number of aromatic nitrogens is 2. The third kappa shape index (κ3) is 1.14. The smallest absolute Gasteiger partial charge is 0.239 e. The average molecular weight is 203 g/mol. The quantitative estimate of drug-likeness (QED) is 0.580. The van der Waals surface area contributed by atoms with E-state index >= 15 is 0 Å². The molecule has 2 aliphatic heterocycles. The highest BCUT2D eigenvalue weighted by atomic mass is 16.1. The van der Waals surface area contributed by atoms with Crippen LogP contribution in [0.5, 0.6) is 0 Å². The van der Waals surface area contributed by atoms with Gasteiger partial charge < -0.3 is 10.6 Å².